The van der Waals surface area contributed by atoms with Crippen molar-refractivity contribution in [3.8, 4) is 0 Å². The van der Waals surface area contributed by atoms with Gasteiger partial charge in [-0.15, -0.1) is 0 Å². The Balaban J connectivity index is 4.42. The van der Waals surface area contributed by atoms with Crippen molar-refractivity contribution in [3.05, 3.63) is 36.5 Å². The van der Waals surface area contributed by atoms with Crippen LogP contribution in [0.1, 0.15) is 162 Å². The van der Waals surface area contributed by atoms with Gasteiger partial charge in [-0.25, -0.2) is 4.79 Å². The zero-order chi connectivity index (χ0) is 37.1. The van der Waals surface area contributed by atoms with E-state index < -0.39 is 18.1 Å². The summed E-state index contributed by atoms with van der Waals surface area (Å²) in [6, 6.07) is -0.615. The fourth-order valence-corrected chi connectivity index (χ4v) is 5.65. The van der Waals surface area contributed by atoms with E-state index in [0.29, 0.717) is 19.3 Å². The number of quaternary nitrogens is 1. The van der Waals surface area contributed by atoms with E-state index in [-0.39, 0.29) is 36.2 Å². The molecule has 0 amide bonds. The van der Waals surface area contributed by atoms with E-state index in [2.05, 4.69) is 50.3 Å². The number of nitrogens with zero attached hydrogens (tertiary/aromatic N) is 1. The summed E-state index contributed by atoms with van der Waals surface area (Å²) in [5, 5.41) is 9.59. The minimum absolute atomic E-state index is 0.0557. The van der Waals surface area contributed by atoms with Crippen LogP contribution in [0.15, 0.2) is 36.5 Å². The summed E-state index contributed by atoms with van der Waals surface area (Å²) in [4.78, 5) is 36.8. The SMILES string of the molecule is CC/C=C/C/C=C/CCCCCCCCCC(=O)OC(COCCC(C(=O)O)[N+](C)(C)C)COC(=O)CCCCCCC/C=C/CCCCC. The van der Waals surface area contributed by atoms with Gasteiger partial charge < -0.3 is 23.8 Å². The minimum Gasteiger partial charge on any atom is -0.477 e. The number of hydrogen-bond acceptors (Lipinski definition) is 6. The third-order valence-corrected chi connectivity index (χ3v) is 8.77. The molecule has 0 saturated carbocycles. The molecule has 8 heteroatoms. The molecule has 0 aromatic rings. The summed E-state index contributed by atoms with van der Waals surface area (Å²) >= 11 is 0. The van der Waals surface area contributed by atoms with Crippen LogP contribution in [0.2, 0.25) is 0 Å². The molecule has 2 atom stereocenters. The van der Waals surface area contributed by atoms with E-state index in [0.717, 1.165) is 70.6 Å². The lowest BCUT2D eigenvalue weighted by molar-refractivity contribution is -0.887. The van der Waals surface area contributed by atoms with Crippen LogP contribution < -0.4 is 0 Å². The molecule has 0 saturated heterocycles. The molecule has 8 nitrogen and oxygen atoms in total. The fraction of sp³-hybridized carbons (Fsp3) is 0.786. The Bertz CT molecular complexity index is 922. The number of unbranched alkanes of at least 4 members (excludes halogenated alkanes) is 15. The van der Waals surface area contributed by atoms with Crippen LogP contribution in [0.5, 0.6) is 0 Å². The van der Waals surface area contributed by atoms with E-state index >= 15 is 0 Å². The van der Waals surface area contributed by atoms with Gasteiger partial charge in [0.2, 0.25) is 0 Å². The Hall–Kier alpha value is -2.45. The average molecular weight is 707 g/mol. The molecular formula is C42H76NO7+. The van der Waals surface area contributed by atoms with Crippen molar-refractivity contribution in [1.82, 2.24) is 0 Å². The van der Waals surface area contributed by atoms with E-state index in [1.165, 1.54) is 57.8 Å². The van der Waals surface area contributed by atoms with Gasteiger partial charge in [0.25, 0.3) is 0 Å². The summed E-state index contributed by atoms with van der Waals surface area (Å²) in [7, 11) is 5.51. The number of hydrogen-bond donors (Lipinski definition) is 1. The van der Waals surface area contributed by atoms with Crippen LogP contribution in [0.25, 0.3) is 0 Å². The number of aliphatic carboxylic acids is 1. The second-order valence-corrected chi connectivity index (χ2v) is 14.5. The van der Waals surface area contributed by atoms with Crippen molar-refractivity contribution in [2.24, 2.45) is 0 Å². The van der Waals surface area contributed by atoms with Gasteiger partial charge in [0, 0.05) is 19.3 Å². The summed E-state index contributed by atoms with van der Waals surface area (Å²) in [6.07, 6.45) is 36.1. The van der Waals surface area contributed by atoms with Crippen LogP contribution in [0.3, 0.4) is 0 Å². The zero-order valence-electron chi connectivity index (χ0n) is 32.8. The van der Waals surface area contributed by atoms with Crippen molar-refractivity contribution in [2.75, 3.05) is 41.0 Å². The number of likely N-dealkylation sites (N-methyl/N-ethyl adjacent to an activating group) is 1. The molecule has 0 aliphatic rings. The first-order valence-corrected chi connectivity index (χ1v) is 20.0. The van der Waals surface area contributed by atoms with Crippen LogP contribution in [-0.2, 0) is 28.6 Å². The van der Waals surface area contributed by atoms with Crippen LogP contribution in [-0.4, -0.2) is 80.6 Å². The number of esters is 2. The summed E-state index contributed by atoms with van der Waals surface area (Å²) in [6.45, 7) is 4.58. The maximum absolute atomic E-state index is 12.7. The molecule has 0 rings (SSSR count). The van der Waals surface area contributed by atoms with Gasteiger partial charge in [-0.05, 0) is 64.2 Å². The molecule has 2 unspecified atom stereocenters. The number of ether oxygens (including phenoxy) is 3. The number of carboxylic acids is 1. The van der Waals surface area contributed by atoms with Gasteiger partial charge in [0.1, 0.15) is 6.61 Å². The van der Waals surface area contributed by atoms with E-state index in [9.17, 15) is 19.5 Å². The van der Waals surface area contributed by atoms with Crippen molar-refractivity contribution in [3.63, 3.8) is 0 Å². The molecule has 0 aliphatic heterocycles. The number of rotatable bonds is 35. The Morgan fingerprint density at radius 2 is 1.12 bits per heavy atom. The molecule has 1 N–H and O–H groups in total. The molecule has 0 bridgehead atoms. The highest BCUT2D eigenvalue weighted by Crippen LogP contribution is 2.13. The van der Waals surface area contributed by atoms with E-state index in [1.807, 2.05) is 21.1 Å². The van der Waals surface area contributed by atoms with Crippen molar-refractivity contribution in [2.45, 2.75) is 174 Å². The molecule has 290 valence electrons. The molecule has 0 aromatic carbocycles. The highest BCUT2D eigenvalue weighted by atomic mass is 16.6. The molecular weight excluding hydrogens is 630 g/mol. The van der Waals surface area contributed by atoms with Crippen molar-refractivity contribution in [1.29, 1.82) is 0 Å². The first-order chi connectivity index (χ1) is 24.1. The quantitative estimate of drug-likeness (QED) is 0.0303. The first kappa shape index (κ1) is 47.5. The molecule has 0 spiro atoms. The minimum atomic E-state index is -0.879. The summed E-state index contributed by atoms with van der Waals surface area (Å²) in [5.41, 5.74) is 0. The largest absolute Gasteiger partial charge is 0.477 e. The molecule has 50 heavy (non-hydrogen) atoms. The van der Waals surface area contributed by atoms with Gasteiger partial charge in [-0.1, -0.05) is 115 Å². The smallest absolute Gasteiger partial charge is 0.362 e. The van der Waals surface area contributed by atoms with Gasteiger partial charge >= 0.3 is 17.9 Å². The molecule has 0 aromatic heterocycles. The maximum Gasteiger partial charge on any atom is 0.362 e. The van der Waals surface area contributed by atoms with Gasteiger partial charge in [0.05, 0.1) is 34.4 Å². The van der Waals surface area contributed by atoms with Crippen LogP contribution in [0, 0.1) is 0 Å². The van der Waals surface area contributed by atoms with E-state index in [4.69, 9.17) is 14.2 Å². The topological polar surface area (TPSA) is 99.1 Å². The lowest BCUT2D eigenvalue weighted by Gasteiger charge is -2.31. The normalized spacial score (nSPS) is 13.4. The second kappa shape index (κ2) is 33.7. The molecule has 0 fully saturated rings. The Morgan fingerprint density at radius 1 is 0.620 bits per heavy atom. The van der Waals surface area contributed by atoms with E-state index in [1.54, 1.807) is 0 Å². The summed E-state index contributed by atoms with van der Waals surface area (Å²) in [5.74, 6) is -1.49. The first-order valence-electron chi connectivity index (χ1n) is 20.0. The predicted octanol–water partition coefficient (Wildman–Crippen LogP) is 10.3. The molecule has 0 heterocycles. The average Bonchev–Trinajstić information content (AvgIpc) is 3.06. The monoisotopic (exact) mass is 707 g/mol. The van der Waals surface area contributed by atoms with Gasteiger partial charge in [0.15, 0.2) is 12.1 Å². The van der Waals surface area contributed by atoms with Crippen LogP contribution in [0.4, 0.5) is 0 Å². The molecule has 0 aliphatic carbocycles. The Labute approximate surface area is 306 Å². The highest BCUT2D eigenvalue weighted by molar-refractivity contribution is 5.72. The third-order valence-electron chi connectivity index (χ3n) is 8.77. The summed E-state index contributed by atoms with van der Waals surface area (Å²) < 4.78 is 17.2. The predicted molar refractivity (Wildman–Crippen MR) is 206 cm³/mol. The number of allylic oxidation sites excluding steroid dienone is 6. The Morgan fingerprint density at radius 3 is 1.66 bits per heavy atom. The van der Waals surface area contributed by atoms with Gasteiger partial charge in [-0.3, -0.25) is 9.59 Å². The number of carbonyl (C=O) groups excluding carboxylic acids is 2. The third kappa shape index (κ3) is 31.5. The zero-order valence-corrected chi connectivity index (χ0v) is 32.8. The second-order valence-electron chi connectivity index (χ2n) is 14.5. The van der Waals surface area contributed by atoms with Crippen molar-refractivity contribution < 1.29 is 38.2 Å². The number of carbonyl (C=O) groups is 3. The Kier molecular flexibility index (Phi) is 32.0. The standard InChI is InChI=1S/C42H75NO7/c1-6-8-10-12-14-16-18-20-21-23-25-27-29-31-33-41(45)50-38(36-48-35-34-39(42(46)47)43(3,4)5)37-49-40(44)32-30-28-26-24-22-19-17-15-13-11-9-7-2/h8,10,14-17,38-39H,6-7,9,11-13,18-37H2,1-5H3/p+1/b10-8+,16-14+,17-15+. The fourth-order valence-electron chi connectivity index (χ4n) is 5.65. The van der Waals surface area contributed by atoms with Crippen molar-refractivity contribution >= 4 is 17.9 Å². The highest BCUT2D eigenvalue weighted by Gasteiger charge is 2.31. The lowest BCUT2D eigenvalue weighted by Crippen LogP contribution is -2.50. The maximum atomic E-state index is 12.7. The lowest BCUT2D eigenvalue weighted by atomic mass is 10.1. The van der Waals surface area contributed by atoms with Crippen LogP contribution >= 0.6 is 0 Å². The molecule has 0 radical (unpaired) electrons. The number of carboxylic acid groups (broad SMARTS) is 1. The van der Waals surface area contributed by atoms with Gasteiger partial charge in [-0.2, -0.15) is 0 Å².